The quantitative estimate of drug-likeness (QED) is 0.631. The Labute approximate surface area is 147 Å². The van der Waals surface area contributed by atoms with Crippen molar-refractivity contribution in [3.8, 4) is 11.1 Å². The molecule has 134 valence electrons. The molecule has 0 saturated carbocycles. The van der Waals surface area contributed by atoms with Gasteiger partial charge in [-0.2, -0.15) is 5.10 Å². The van der Waals surface area contributed by atoms with Gasteiger partial charge in [-0.25, -0.2) is 18.0 Å². The van der Waals surface area contributed by atoms with Crippen LogP contribution in [-0.4, -0.2) is 22.9 Å². The van der Waals surface area contributed by atoms with Gasteiger partial charge in [-0.15, -0.1) is 0 Å². The van der Waals surface area contributed by atoms with Gasteiger partial charge in [0.25, 0.3) is 6.43 Å². The van der Waals surface area contributed by atoms with E-state index in [0.29, 0.717) is 5.56 Å². The maximum absolute atomic E-state index is 14.5. The first-order valence-corrected chi connectivity index (χ1v) is 7.78. The van der Waals surface area contributed by atoms with Gasteiger partial charge in [-0.05, 0) is 11.6 Å². The summed E-state index contributed by atoms with van der Waals surface area (Å²) in [5.74, 6) is -1.56. The fourth-order valence-corrected chi connectivity index (χ4v) is 2.66. The summed E-state index contributed by atoms with van der Waals surface area (Å²) in [6.45, 7) is -0.0940. The monoisotopic (exact) mass is 360 g/mol. The number of methoxy groups -OCH3 is 1. The van der Waals surface area contributed by atoms with Crippen molar-refractivity contribution in [2.45, 2.75) is 13.0 Å². The van der Waals surface area contributed by atoms with Gasteiger partial charge in [-0.3, -0.25) is 4.68 Å². The van der Waals surface area contributed by atoms with Gasteiger partial charge in [0.15, 0.2) is 0 Å². The van der Waals surface area contributed by atoms with Crippen molar-refractivity contribution in [1.82, 2.24) is 9.78 Å². The summed E-state index contributed by atoms with van der Waals surface area (Å²) in [4.78, 5) is 11.6. The highest BCUT2D eigenvalue weighted by atomic mass is 19.3. The molecule has 0 aliphatic carbocycles. The van der Waals surface area contributed by atoms with Gasteiger partial charge in [0.05, 0.1) is 19.2 Å². The van der Waals surface area contributed by atoms with E-state index in [9.17, 15) is 18.0 Å². The molecule has 7 heteroatoms. The Balaban J connectivity index is 1.98. The third-order valence-electron chi connectivity index (χ3n) is 3.90. The lowest BCUT2D eigenvalue weighted by Gasteiger charge is -2.07. The standard InChI is InChI=1S/C19H15F3N2O2/c1-26-19(25)14-9-5-8-13(16(14)20)10-24-11-15(17(23-24)18(21)22)12-6-3-2-4-7-12/h2-9,11,18H,10H2,1H3. The molecular formula is C19H15F3N2O2. The van der Waals surface area contributed by atoms with Crippen molar-refractivity contribution >= 4 is 5.97 Å². The molecule has 0 aliphatic rings. The molecule has 0 atom stereocenters. The second kappa shape index (κ2) is 7.43. The van der Waals surface area contributed by atoms with Crippen LogP contribution >= 0.6 is 0 Å². The third-order valence-corrected chi connectivity index (χ3v) is 3.90. The number of halogens is 3. The van der Waals surface area contributed by atoms with Gasteiger partial charge in [0.2, 0.25) is 0 Å². The molecule has 4 nitrogen and oxygen atoms in total. The number of esters is 1. The number of nitrogens with zero attached hydrogens (tertiary/aromatic N) is 2. The zero-order chi connectivity index (χ0) is 18.7. The molecule has 0 N–H and O–H groups in total. The lowest BCUT2D eigenvalue weighted by atomic mass is 10.1. The van der Waals surface area contributed by atoms with E-state index < -0.39 is 18.2 Å². The lowest BCUT2D eigenvalue weighted by Crippen LogP contribution is -2.09. The zero-order valence-electron chi connectivity index (χ0n) is 13.8. The highest BCUT2D eigenvalue weighted by Crippen LogP contribution is 2.30. The Morgan fingerprint density at radius 1 is 1.15 bits per heavy atom. The fraction of sp³-hybridized carbons (Fsp3) is 0.158. The van der Waals surface area contributed by atoms with Gasteiger partial charge >= 0.3 is 5.97 Å². The molecule has 26 heavy (non-hydrogen) atoms. The van der Waals surface area contributed by atoms with E-state index in [0.717, 1.165) is 7.11 Å². The van der Waals surface area contributed by atoms with Gasteiger partial charge in [0.1, 0.15) is 11.5 Å². The average molecular weight is 360 g/mol. The number of alkyl halides is 2. The van der Waals surface area contributed by atoms with E-state index in [1.165, 1.54) is 29.1 Å². The van der Waals surface area contributed by atoms with Crippen molar-refractivity contribution < 1.29 is 22.7 Å². The van der Waals surface area contributed by atoms with E-state index in [4.69, 9.17) is 0 Å². The average Bonchev–Trinajstić information content (AvgIpc) is 3.08. The Bertz CT molecular complexity index is 924. The predicted molar refractivity (Wildman–Crippen MR) is 89.5 cm³/mol. The number of carbonyl (C=O) groups excluding carboxylic acids is 1. The maximum Gasteiger partial charge on any atom is 0.340 e. The van der Waals surface area contributed by atoms with Crippen LogP contribution in [0.4, 0.5) is 13.2 Å². The first kappa shape index (κ1) is 17.7. The van der Waals surface area contributed by atoms with Crippen LogP contribution in [0.25, 0.3) is 11.1 Å². The van der Waals surface area contributed by atoms with Crippen molar-refractivity contribution in [2.24, 2.45) is 0 Å². The van der Waals surface area contributed by atoms with Gasteiger partial charge < -0.3 is 4.74 Å². The highest BCUT2D eigenvalue weighted by Gasteiger charge is 2.21. The van der Waals surface area contributed by atoms with Crippen LogP contribution in [0.3, 0.4) is 0 Å². The first-order chi connectivity index (χ1) is 12.5. The number of hydrogen-bond donors (Lipinski definition) is 0. The van der Waals surface area contributed by atoms with E-state index in [1.807, 2.05) is 0 Å². The molecule has 1 heterocycles. The van der Waals surface area contributed by atoms with Crippen LogP contribution in [0.15, 0.2) is 54.7 Å². The molecule has 0 aliphatic heterocycles. The van der Waals surface area contributed by atoms with Crippen molar-refractivity contribution in [3.63, 3.8) is 0 Å². The molecule has 0 bridgehead atoms. The number of carbonyl (C=O) groups is 1. The minimum absolute atomic E-state index is 0.0940. The summed E-state index contributed by atoms with van der Waals surface area (Å²) in [6, 6.07) is 12.9. The SMILES string of the molecule is COC(=O)c1cccc(Cn2cc(-c3ccccc3)c(C(F)F)n2)c1F. The number of rotatable bonds is 5. The molecule has 0 saturated heterocycles. The Morgan fingerprint density at radius 2 is 1.88 bits per heavy atom. The van der Waals surface area contributed by atoms with Crippen LogP contribution in [0.1, 0.15) is 28.0 Å². The van der Waals surface area contributed by atoms with Crippen LogP contribution in [0, 0.1) is 5.82 Å². The summed E-state index contributed by atoms with van der Waals surface area (Å²) in [7, 11) is 1.16. The molecule has 0 spiro atoms. The fourth-order valence-electron chi connectivity index (χ4n) is 2.66. The van der Waals surface area contributed by atoms with Crippen molar-refractivity contribution in [2.75, 3.05) is 7.11 Å². The molecule has 3 aromatic rings. The summed E-state index contributed by atoms with van der Waals surface area (Å²) >= 11 is 0. The molecule has 0 amide bonds. The van der Waals surface area contributed by atoms with Crippen molar-refractivity contribution in [3.05, 3.63) is 77.4 Å². The number of benzene rings is 2. The normalized spacial score (nSPS) is 11.0. The maximum atomic E-state index is 14.5. The number of aromatic nitrogens is 2. The molecule has 0 unspecified atom stereocenters. The third kappa shape index (κ3) is 3.46. The van der Waals surface area contributed by atoms with Crippen LogP contribution < -0.4 is 0 Å². The summed E-state index contributed by atoms with van der Waals surface area (Å²) in [5, 5.41) is 3.90. The van der Waals surface area contributed by atoms with E-state index in [-0.39, 0.29) is 28.9 Å². The highest BCUT2D eigenvalue weighted by molar-refractivity contribution is 5.89. The van der Waals surface area contributed by atoms with Crippen molar-refractivity contribution in [1.29, 1.82) is 0 Å². The van der Waals surface area contributed by atoms with Gasteiger partial charge in [0, 0.05) is 17.3 Å². The molecule has 2 aromatic carbocycles. The number of ether oxygens (including phenoxy) is 1. The Morgan fingerprint density at radius 3 is 2.54 bits per heavy atom. The van der Waals surface area contributed by atoms with Gasteiger partial charge in [-0.1, -0.05) is 42.5 Å². The van der Waals surface area contributed by atoms with Crippen LogP contribution in [0.5, 0.6) is 0 Å². The summed E-state index contributed by atoms with van der Waals surface area (Å²) in [6.07, 6.45) is -1.32. The van der Waals surface area contributed by atoms with Crippen LogP contribution in [-0.2, 0) is 11.3 Å². The minimum atomic E-state index is -2.77. The number of hydrogen-bond acceptors (Lipinski definition) is 3. The lowest BCUT2D eigenvalue weighted by molar-refractivity contribution is 0.0595. The zero-order valence-corrected chi connectivity index (χ0v) is 13.8. The second-order valence-corrected chi connectivity index (χ2v) is 5.56. The molecule has 0 radical (unpaired) electrons. The second-order valence-electron chi connectivity index (χ2n) is 5.56. The molecule has 3 rings (SSSR count). The van der Waals surface area contributed by atoms with E-state index >= 15 is 0 Å². The Kier molecular flexibility index (Phi) is 5.06. The Hall–Kier alpha value is -3.09. The first-order valence-electron chi connectivity index (χ1n) is 7.78. The largest absolute Gasteiger partial charge is 0.465 e. The topological polar surface area (TPSA) is 44.1 Å². The predicted octanol–water partition coefficient (Wildman–Crippen LogP) is 4.46. The van der Waals surface area contributed by atoms with E-state index in [2.05, 4.69) is 9.84 Å². The minimum Gasteiger partial charge on any atom is -0.465 e. The molecular weight excluding hydrogens is 345 g/mol. The summed E-state index contributed by atoms with van der Waals surface area (Å²) < 4.78 is 47.0. The summed E-state index contributed by atoms with van der Waals surface area (Å²) in [5.41, 5.74) is 0.439. The smallest absolute Gasteiger partial charge is 0.340 e. The van der Waals surface area contributed by atoms with Crippen LogP contribution in [0.2, 0.25) is 0 Å². The molecule has 0 fully saturated rings. The van der Waals surface area contributed by atoms with E-state index in [1.54, 1.807) is 30.3 Å². The molecule has 1 aromatic heterocycles.